The quantitative estimate of drug-likeness (QED) is 0.838. The van der Waals surface area contributed by atoms with Crippen molar-refractivity contribution >= 4 is 10.8 Å². The number of hydrogen-bond donors (Lipinski definition) is 1. The molecule has 15 heavy (non-hydrogen) atoms. The fourth-order valence-corrected chi connectivity index (χ4v) is 2.34. The van der Waals surface area contributed by atoms with Crippen molar-refractivity contribution in [3.8, 4) is 0 Å². The number of nitrogens with two attached hydrogens (primary N) is 1. The van der Waals surface area contributed by atoms with E-state index in [1.54, 1.807) is 0 Å². The van der Waals surface area contributed by atoms with Gasteiger partial charge in [0.2, 0.25) is 0 Å². The van der Waals surface area contributed by atoms with E-state index in [1.807, 2.05) is 0 Å². The smallest absolute Gasteiger partial charge is 0.127 e. The minimum absolute atomic E-state index is 0.0452. The van der Waals surface area contributed by atoms with Crippen LogP contribution in [0, 0.1) is 11.6 Å². The van der Waals surface area contributed by atoms with Crippen molar-refractivity contribution in [2.24, 2.45) is 5.73 Å². The van der Waals surface area contributed by atoms with Crippen LogP contribution in [0.3, 0.4) is 0 Å². The first-order valence-electron chi connectivity index (χ1n) is 4.62. The zero-order valence-electron chi connectivity index (χ0n) is 8.21. The van der Waals surface area contributed by atoms with E-state index in [0.29, 0.717) is 18.7 Å². The fraction of sp³-hybridized carbons (Fsp3) is 0.400. The SMILES string of the molecule is NCCCS(=O)Cc1cc(F)ccc1F. The lowest BCUT2D eigenvalue weighted by molar-refractivity contribution is 0.590. The number of benzene rings is 1. The Morgan fingerprint density at radius 3 is 2.73 bits per heavy atom. The molecule has 1 aromatic carbocycles. The highest BCUT2D eigenvalue weighted by atomic mass is 32.2. The van der Waals surface area contributed by atoms with E-state index >= 15 is 0 Å². The van der Waals surface area contributed by atoms with Gasteiger partial charge >= 0.3 is 0 Å². The largest absolute Gasteiger partial charge is 0.330 e. The number of rotatable bonds is 5. The van der Waals surface area contributed by atoms with E-state index in [1.165, 1.54) is 0 Å². The van der Waals surface area contributed by atoms with E-state index < -0.39 is 22.4 Å². The summed E-state index contributed by atoms with van der Waals surface area (Å²) in [5.41, 5.74) is 5.41. The average Bonchev–Trinajstić information content (AvgIpc) is 2.20. The lowest BCUT2D eigenvalue weighted by Gasteiger charge is -2.03. The third kappa shape index (κ3) is 4.05. The molecule has 0 fully saturated rings. The molecule has 0 saturated heterocycles. The lowest BCUT2D eigenvalue weighted by atomic mass is 10.2. The van der Waals surface area contributed by atoms with Crippen molar-refractivity contribution in [2.45, 2.75) is 12.2 Å². The third-order valence-corrected chi connectivity index (χ3v) is 3.28. The van der Waals surface area contributed by atoms with Crippen molar-refractivity contribution < 1.29 is 13.0 Å². The summed E-state index contributed by atoms with van der Waals surface area (Å²) < 4.78 is 37.3. The van der Waals surface area contributed by atoms with Gasteiger partial charge in [-0.2, -0.15) is 0 Å². The molecular weight excluding hydrogens is 220 g/mol. The molecule has 1 atom stereocenters. The van der Waals surface area contributed by atoms with Crippen molar-refractivity contribution in [1.82, 2.24) is 0 Å². The summed E-state index contributed by atoms with van der Waals surface area (Å²) in [6.45, 7) is 0.456. The van der Waals surface area contributed by atoms with Crippen LogP contribution in [0.15, 0.2) is 18.2 Å². The molecule has 0 aliphatic heterocycles. The Bertz CT molecular complexity index is 357. The van der Waals surface area contributed by atoms with Crippen LogP contribution in [0.1, 0.15) is 12.0 Å². The molecular formula is C10H13F2NOS. The van der Waals surface area contributed by atoms with Crippen molar-refractivity contribution in [3.05, 3.63) is 35.4 Å². The maximum Gasteiger partial charge on any atom is 0.127 e. The summed E-state index contributed by atoms with van der Waals surface area (Å²) in [5.74, 6) is -0.560. The molecule has 1 unspecified atom stereocenters. The Morgan fingerprint density at radius 2 is 2.07 bits per heavy atom. The standard InChI is InChI=1S/C10H13F2NOS/c11-9-2-3-10(12)8(6-9)7-15(14)5-1-4-13/h2-3,6H,1,4-5,7,13H2. The van der Waals surface area contributed by atoms with Gasteiger partial charge in [-0.15, -0.1) is 0 Å². The van der Waals surface area contributed by atoms with Gasteiger partial charge in [0.05, 0.1) is 5.75 Å². The van der Waals surface area contributed by atoms with Crippen molar-refractivity contribution in [1.29, 1.82) is 0 Å². The molecule has 2 N–H and O–H groups in total. The fourth-order valence-electron chi connectivity index (χ4n) is 1.14. The van der Waals surface area contributed by atoms with Gasteiger partial charge < -0.3 is 5.73 Å². The molecule has 2 nitrogen and oxygen atoms in total. The van der Waals surface area contributed by atoms with Gasteiger partial charge in [0, 0.05) is 22.1 Å². The summed E-state index contributed by atoms with van der Waals surface area (Å²) in [6.07, 6.45) is 0.629. The first kappa shape index (κ1) is 12.3. The van der Waals surface area contributed by atoms with Gasteiger partial charge in [0.1, 0.15) is 11.6 Å². The molecule has 0 aliphatic rings. The van der Waals surface area contributed by atoms with Crippen LogP contribution in [0.2, 0.25) is 0 Å². The van der Waals surface area contributed by atoms with E-state index in [9.17, 15) is 13.0 Å². The molecule has 0 spiro atoms. The Labute approximate surface area is 89.9 Å². The van der Waals surface area contributed by atoms with Gasteiger partial charge in [-0.05, 0) is 31.2 Å². The second-order valence-electron chi connectivity index (χ2n) is 3.17. The highest BCUT2D eigenvalue weighted by Gasteiger charge is 2.07. The van der Waals surface area contributed by atoms with Crippen LogP contribution in [0.25, 0.3) is 0 Å². The summed E-state index contributed by atoms with van der Waals surface area (Å²) in [6, 6.07) is 3.17. The Kier molecular flexibility index (Phi) is 4.84. The summed E-state index contributed by atoms with van der Waals surface area (Å²) >= 11 is 0. The van der Waals surface area contributed by atoms with E-state index in [4.69, 9.17) is 5.73 Å². The third-order valence-electron chi connectivity index (χ3n) is 1.90. The van der Waals surface area contributed by atoms with Crippen LogP contribution in [0.5, 0.6) is 0 Å². The molecule has 84 valence electrons. The minimum Gasteiger partial charge on any atom is -0.330 e. The maximum absolute atomic E-state index is 13.1. The number of hydrogen-bond acceptors (Lipinski definition) is 2. The molecule has 0 heterocycles. The van der Waals surface area contributed by atoms with Crippen LogP contribution < -0.4 is 5.73 Å². The van der Waals surface area contributed by atoms with Crippen LogP contribution in [0.4, 0.5) is 8.78 Å². The second-order valence-corrected chi connectivity index (χ2v) is 4.74. The molecule has 1 aromatic rings. The van der Waals surface area contributed by atoms with E-state index in [2.05, 4.69) is 0 Å². The highest BCUT2D eigenvalue weighted by molar-refractivity contribution is 7.84. The molecule has 5 heteroatoms. The highest BCUT2D eigenvalue weighted by Crippen LogP contribution is 2.12. The first-order valence-corrected chi connectivity index (χ1v) is 6.11. The Morgan fingerprint density at radius 1 is 1.33 bits per heavy atom. The van der Waals surface area contributed by atoms with Crippen LogP contribution >= 0.6 is 0 Å². The zero-order valence-corrected chi connectivity index (χ0v) is 9.03. The van der Waals surface area contributed by atoms with Gasteiger partial charge in [0.15, 0.2) is 0 Å². The molecule has 0 bridgehead atoms. The maximum atomic E-state index is 13.1. The van der Waals surface area contributed by atoms with Gasteiger partial charge in [-0.25, -0.2) is 8.78 Å². The van der Waals surface area contributed by atoms with Crippen LogP contribution in [-0.4, -0.2) is 16.5 Å². The summed E-state index contributed by atoms with van der Waals surface area (Å²) in [7, 11) is -1.18. The molecule has 0 amide bonds. The van der Waals surface area contributed by atoms with E-state index in [0.717, 1.165) is 18.2 Å². The van der Waals surface area contributed by atoms with E-state index in [-0.39, 0.29) is 11.3 Å². The summed E-state index contributed by atoms with van der Waals surface area (Å²) in [5, 5.41) is 0. The Hall–Kier alpha value is -0.810. The average molecular weight is 233 g/mol. The Balaban J connectivity index is 2.63. The predicted octanol–water partition coefficient (Wildman–Crippen LogP) is 1.56. The minimum atomic E-state index is -1.18. The first-order chi connectivity index (χ1) is 7.13. The molecule has 1 rings (SSSR count). The molecule has 0 saturated carbocycles. The normalized spacial score (nSPS) is 12.7. The van der Waals surface area contributed by atoms with Gasteiger partial charge in [-0.1, -0.05) is 0 Å². The van der Waals surface area contributed by atoms with Gasteiger partial charge in [-0.3, -0.25) is 4.21 Å². The second kappa shape index (κ2) is 5.92. The van der Waals surface area contributed by atoms with Crippen LogP contribution in [-0.2, 0) is 16.6 Å². The van der Waals surface area contributed by atoms with Crippen molar-refractivity contribution in [2.75, 3.05) is 12.3 Å². The zero-order chi connectivity index (χ0) is 11.3. The lowest BCUT2D eigenvalue weighted by Crippen LogP contribution is -2.08. The number of halogens is 2. The monoisotopic (exact) mass is 233 g/mol. The summed E-state index contributed by atoms with van der Waals surface area (Å²) in [4.78, 5) is 0. The molecule has 0 aromatic heterocycles. The topological polar surface area (TPSA) is 43.1 Å². The molecule has 0 radical (unpaired) electrons. The van der Waals surface area contributed by atoms with Crippen molar-refractivity contribution in [3.63, 3.8) is 0 Å². The van der Waals surface area contributed by atoms with Gasteiger partial charge in [0.25, 0.3) is 0 Å². The molecule has 0 aliphatic carbocycles. The predicted molar refractivity (Wildman–Crippen MR) is 56.7 cm³/mol.